The van der Waals surface area contributed by atoms with E-state index in [1.165, 1.54) is 6.07 Å². The zero-order valence-electron chi connectivity index (χ0n) is 10.9. The molecule has 0 saturated heterocycles. The predicted molar refractivity (Wildman–Crippen MR) is 87.3 cm³/mol. The fourth-order valence-corrected chi connectivity index (χ4v) is 3.24. The van der Waals surface area contributed by atoms with E-state index in [0.29, 0.717) is 23.2 Å². The zero-order valence-corrected chi connectivity index (χ0v) is 13.3. The highest BCUT2D eigenvalue weighted by Crippen LogP contribution is 2.36. The smallest absolute Gasteiger partial charge is 0.196 e. The highest BCUT2D eigenvalue weighted by molar-refractivity contribution is 9.10. The molecule has 1 aliphatic heterocycles. The van der Waals surface area contributed by atoms with Crippen LogP contribution in [0.25, 0.3) is 0 Å². The Hall–Kier alpha value is -1.59. The third-order valence-electron chi connectivity index (χ3n) is 3.42. The molecule has 0 amide bonds. The first-order chi connectivity index (χ1) is 10.1. The van der Waals surface area contributed by atoms with Crippen molar-refractivity contribution in [3.8, 4) is 0 Å². The molecule has 0 aromatic heterocycles. The van der Waals surface area contributed by atoms with Crippen LogP contribution in [0.15, 0.2) is 51.9 Å². The first-order valence-corrected chi connectivity index (χ1v) is 7.53. The molecule has 1 atom stereocenters. The van der Waals surface area contributed by atoms with Crippen LogP contribution in [0.1, 0.15) is 11.6 Å². The molecule has 0 fully saturated rings. The largest absolute Gasteiger partial charge is 0.369 e. The van der Waals surface area contributed by atoms with Crippen molar-refractivity contribution in [2.45, 2.75) is 6.04 Å². The second-order valence-corrected chi connectivity index (χ2v) is 6.02. The maximum atomic E-state index is 14.1. The fraction of sp³-hybridized carbons (Fsp3) is 0.133. The van der Waals surface area contributed by atoms with Gasteiger partial charge in [-0.05, 0) is 29.8 Å². The van der Waals surface area contributed by atoms with Gasteiger partial charge in [0.2, 0.25) is 0 Å². The van der Waals surface area contributed by atoms with E-state index in [-0.39, 0.29) is 11.9 Å². The minimum atomic E-state index is -0.337. The summed E-state index contributed by atoms with van der Waals surface area (Å²) in [5.74, 6) is -0.0418. The average molecular weight is 369 g/mol. The molecule has 0 saturated carbocycles. The Bertz CT molecular complexity index is 720. The Kier molecular flexibility index (Phi) is 3.87. The second kappa shape index (κ2) is 5.66. The van der Waals surface area contributed by atoms with Gasteiger partial charge in [0, 0.05) is 9.50 Å². The summed E-state index contributed by atoms with van der Waals surface area (Å²) in [6, 6.07) is 11.9. The molecule has 0 radical (unpaired) electrons. The van der Waals surface area contributed by atoms with Crippen molar-refractivity contribution in [3.63, 3.8) is 0 Å². The van der Waals surface area contributed by atoms with Gasteiger partial charge in [0.1, 0.15) is 5.82 Å². The molecule has 1 aliphatic rings. The number of aliphatic imine (C=N–C) groups is 1. The van der Waals surface area contributed by atoms with E-state index in [9.17, 15) is 4.39 Å². The van der Waals surface area contributed by atoms with Gasteiger partial charge in [0.25, 0.3) is 0 Å². The number of rotatable bonds is 2. The molecular formula is C15H12BrClFN3. The van der Waals surface area contributed by atoms with Crippen molar-refractivity contribution in [2.24, 2.45) is 10.7 Å². The third kappa shape index (κ3) is 2.63. The topological polar surface area (TPSA) is 41.6 Å². The Morgan fingerprint density at radius 3 is 2.76 bits per heavy atom. The molecule has 0 bridgehead atoms. The molecule has 1 heterocycles. The van der Waals surface area contributed by atoms with E-state index in [4.69, 9.17) is 17.3 Å². The summed E-state index contributed by atoms with van der Waals surface area (Å²) < 4.78 is 15.0. The second-order valence-electron chi connectivity index (χ2n) is 4.70. The Balaban J connectivity index is 2.05. The van der Waals surface area contributed by atoms with Crippen LogP contribution in [0.5, 0.6) is 0 Å². The highest BCUT2D eigenvalue weighted by atomic mass is 79.9. The van der Waals surface area contributed by atoms with Gasteiger partial charge in [-0.2, -0.15) is 0 Å². The van der Waals surface area contributed by atoms with E-state index < -0.39 is 0 Å². The van der Waals surface area contributed by atoms with E-state index in [1.807, 2.05) is 18.2 Å². The van der Waals surface area contributed by atoms with E-state index >= 15 is 0 Å². The molecule has 1 unspecified atom stereocenters. The number of nitrogens with two attached hydrogens (primary N) is 1. The lowest BCUT2D eigenvalue weighted by molar-refractivity contribution is 0.619. The van der Waals surface area contributed by atoms with Crippen LogP contribution >= 0.6 is 27.5 Å². The number of guanidine groups is 1. The summed E-state index contributed by atoms with van der Waals surface area (Å²) in [6.45, 7) is 0.446. The molecule has 0 aliphatic carbocycles. The first kappa shape index (κ1) is 14.4. The Morgan fingerprint density at radius 1 is 1.29 bits per heavy atom. The van der Waals surface area contributed by atoms with Crippen LogP contribution in [-0.2, 0) is 0 Å². The number of hydrogen-bond donors (Lipinski definition) is 1. The van der Waals surface area contributed by atoms with Crippen molar-refractivity contribution in [1.82, 2.24) is 0 Å². The lowest BCUT2D eigenvalue weighted by Crippen LogP contribution is -2.36. The van der Waals surface area contributed by atoms with Crippen LogP contribution in [0.4, 0.5) is 10.1 Å². The molecule has 3 rings (SSSR count). The van der Waals surface area contributed by atoms with Gasteiger partial charge in [-0.15, -0.1) is 0 Å². The van der Waals surface area contributed by atoms with Crippen LogP contribution < -0.4 is 10.6 Å². The number of anilines is 1. The maximum absolute atomic E-state index is 14.1. The lowest BCUT2D eigenvalue weighted by Gasteiger charge is -2.27. The summed E-state index contributed by atoms with van der Waals surface area (Å²) in [4.78, 5) is 5.92. The maximum Gasteiger partial charge on any atom is 0.196 e. The lowest BCUT2D eigenvalue weighted by atomic mass is 10.1. The number of nitrogens with zero attached hydrogens (tertiary/aromatic N) is 2. The van der Waals surface area contributed by atoms with Gasteiger partial charge in [-0.25, -0.2) is 4.39 Å². The van der Waals surface area contributed by atoms with Gasteiger partial charge in [-0.1, -0.05) is 45.7 Å². The number of benzene rings is 2. The van der Waals surface area contributed by atoms with Gasteiger partial charge in [0.15, 0.2) is 5.96 Å². The van der Waals surface area contributed by atoms with E-state index in [0.717, 1.165) is 10.0 Å². The van der Waals surface area contributed by atoms with Crippen molar-refractivity contribution in [2.75, 3.05) is 11.4 Å². The molecule has 6 heteroatoms. The summed E-state index contributed by atoms with van der Waals surface area (Å²) in [6.07, 6.45) is 0. The monoisotopic (exact) mass is 367 g/mol. The van der Waals surface area contributed by atoms with Crippen molar-refractivity contribution in [1.29, 1.82) is 0 Å². The minimum Gasteiger partial charge on any atom is -0.369 e. The number of para-hydroxylation sites is 1. The number of hydrogen-bond acceptors (Lipinski definition) is 3. The van der Waals surface area contributed by atoms with Gasteiger partial charge < -0.3 is 10.6 Å². The first-order valence-electron chi connectivity index (χ1n) is 6.36. The summed E-state index contributed by atoms with van der Waals surface area (Å²) >= 11 is 9.68. The molecule has 3 nitrogen and oxygen atoms in total. The normalized spacial score (nSPS) is 18.0. The molecular weight excluding hydrogens is 357 g/mol. The quantitative estimate of drug-likeness (QED) is 0.866. The van der Waals surface area contributed by atoms with Gasteiger partial charge >= 0.3 is 0 Å². The van der Waals surface area contributed by atoms with Crippen LogP contribution in [-0.4, -0.2) is 12.5 Å². The minimum absolute atomic E-state index is 0.206. The van der Waals surface area contributed by atoms with Gasteiger partial charge in [-0.3, -0.25) is 4.99 Å². The predicted octanol–water partition coefficient (Wildman–Crippen LogP) is 4.12. The molecule has 21 heavy (non-hydrogen) atoms. The van der Waals surface area contributed by atoms with Crippen LogP contribution in [0.3, 0.4) is 0 Å². The summed E-state index contributed by atoms with van der Waals surface area (Å²) in [7, 11) is 0. The standard InChI is InChI=1S/C15H12BrClFN3/c16-9-5-6-10(11(17)7-9)14-8-20-15(19)21(14)13-4-2-1-3-12(13)18/h1-7,14H,8H2,(H2,19,20). The molecule has 108 valence electrons. The Labute approximate surface area is 135 Å². The van der Waals surface area contributed by atoms with Crippen molar-refractivity contribution < 1.29 is 4.39 Å². The van der Waals surface area contributed by atoms with Crippen LogP contribution in [0.2, 0.25) is 5.02 Å². The van der Waals surface area contributed by atoms with E-state index in [2.05, 4.69) is 20.9 Å². The third-order valence-corrected chi connectivity index (χ3v) is 4.24. The highest BCUT2D eigenvalue weighted by Gasteiger charge is 2.31. The Morgan fingerprint density at radius 2 is 2.05 bits per heavy atom. The average Bonchev–Trinajstić information content (AvgIpc) is 2.81. The molecule has 2 aromatic carbocycles. The van der Waals surface area contributed by atoms with E-state index in [1.54, 1.807) is 23.1 Å². The van der Waals surface area contributed by atoms with Crippen LogP contribution in [0, 0.1) is 5.82 Å². The molecule has 2 N–H and O–H groups in total. The summed E-state index contributed by atoms with van der Waals surface area (Å²) in [5, 5.41) is 0.598. The number of halogens is 3. The molecule has 0 spiro atoms. The van der Waals surface area contributed by atoms with Gasteiger partial charge in [0.05, 0.1) is 18.3 Å². The zero-order chi connectivity index (χ0) is 15.0. The SMILES string of the molecule is NC1=NCC(c2ccc(Br)cc2Cl)N1c1ccccc1F. The van der Waals surface area contributed by atoms with Crippen molar-refractivity contribution in [3.05, 3.63) is 63.3 Å². The van der Waals surface area contributed by atoms with Crippen molar-refractivity contribution >= 4 is 39.2 Å². The molecule has 2 aromatic rings. The fourth-order valence-electron chi connectivity index (χ4n) is 2.45. The summed E-state index contributed by atoms with van der Waals surface area (Å²) in [5.41, 5.74) is 7.22.